The van der Waals surface area contributed by atoms with E-state index < -0.39 is 0 Å². The fourth-order valence-corrected chi connectivity index (χ4v) is 0.724. The third-order valence-corrected chi connectivity index (χ3v) is 1.54. The molecule has 0 unspecified atom stereocenters. The number of allylic oxidation sites excluding steroid dienone is 1. The summed E-state index contributed by atoms with van der Waals surface area (Å²) >= 11 is 0. The zero-order valence-corrected chi connectivity index (χ0v) is 6.59. The Kier molecular flexibility index (Phi) is 2.21. The van der Waals surface area contributed by atoms with Crippen molar-refractivity contribution in [1.29, 1.82) is 5.41 Å². The number of rotatable bonds is 2. The molecule has 58 valence electrons. The van der Waals surface area contributed by atoms with Crippen LogP contribution < -0.4 is 0 Å². The van der Waals surface area contributed by atoms with E-state index in [0.717, 1.165) is 17.0 Å². The van der Waals surface area contributed by atoms with Crippen LogP contribution in [0.4, 0.5) is 0 Å². The second kappa shape index (κ2) is 3.14. The molecular formula is C8H10N2O. The predicted molar refractivity (Wildman–Crippen MR) is 43.8 cm³/mol. The molecule has 3 heteroatoms. The van der Waals surface area contributed by atoms with Crippen LogP contribution in [0.1, 0.15) is 17.0 Å². The van der Waals surface area contributed by atoms with Gasteiger partial charge >= 0.3 is 0 Å². The summed E-state index contributed by atoms with van der Waals surface area (Å²) in [5.41, 5.74) is 1.93. The largest absolute Gasteiger partial charge is 0.356 e. The molecule has 1 N–H and O–H groups in total. The normalized spacial score (nSPS) is 10.7. The van der Waals surface area contributed by atoms with Crippen LogP contribution in [-0.4, -0.2) is 11.4 Å². The molecule has 1 aromatic rings. The van der Waals surface area contributed by atoms with Gasteiger partial charge in [0.15, 0.2) is 5.76 Å². The van der Waals surface area contributed by atoms with Crippen LogP contribution in [0.3, 0.4) is 0 Å². The van der Waals surface area contributed by atoms with E-state index in [-0.39, 0.29) is 0 Å². The Morgan fingerprint density at radius 3 is 2.64 bits per heavy atom. The number of hydrogen-bond donors (Lipinski definition) is 1. The maximum absolute atomic E-state index is 6.76. The monoisotopic (exact) mass is 150 g/mol. The van der Waals surface area contributed by atoms with E-state index in [9.17, 15) is 0 Å². The lowest BCUT2D eigenvalue weighted by molar-refractivity contribution is 0.407. The molecule has 0 bridgehead atoms. The van der Waals surface area contributed by atoms with E-state index in [1.165, 1.54) is 6.21 Å². The van der Waals surface area contributed by atoms with E-state index in [2.05, 4.69) is 5.16 Å². The molecule has 0 saturated carbocycles. The molecule has 0 spiro atoms. The molecule has 11 heavy (non-hydrogen) atoms. The lowest BCUT2D eigenvalue weighted by Crippen LogP contribution is -1.74. The summed E-state index contributed by atoms with van der Waals surface area (Å²) in [6.45, 7) is 3.83. The Bertz CT molecular complexity index is 286. The smallest absolute Gasteiger partial charge is 0.162 e. The molecular weight excluding hydrogens is 140 g/mol. The molecule has 0 aliphatic carbocycles. The SMILES string of the molecule is Cc1noc(/C=C\C=N)c1C. The first-order valence-corrected chi connectivity index (χ1v) is 3.35. The number of aromatic nitrogens is 1. The maximum atomic E-state index is 6.76. The van der Waals surface area contributed by atoms with E-state index >= 15 is 0 Å². The van der Waals surface area contributed by atoms with Crippen LogP contribution in [0.2, 0.25) is 0 Å². The first-order chi connectivity index (χ1) is 5.25. The standard InChI is InChI=1S/C8H10N2O/c1-6-7(2)10-11-8(6)4-3-5-9/h3-5,9H,1-2H3/b4-3-,9-5?. The summed E-state index contributed by atoms with van der Waals surface area (Å²) in [4.78, 5) is 0. The van der Waals surface area contributed by atoms with Crippen LogP contribution in [0.25, 0.3) is 6.08 Å². The first-order valence-electron chi connectivity index (χ1n) is 3.35. The van der Waals surface area contributed by atoms with Gasteiger partial charge in [-0.3, -0.25) is 0 Å². The molecule has 1 rings (SSSR count). The van der Waals surface area contributed by atoms with Gasteiger partial charge in [0.2, 0.25) is 0 Å². The lowest BCUT2D eigenvalue weighted by atomic mass is 10.2. The van der Waals surface area contributed by atoms with Gasteiger partial charge in [-0.2, -0.15) is 0 Å². The van der Waals surface area contributed by atoms with Gasteiger partial charge in [0.05, 0.1) is 5.69 Å². The minimum absolute atomic E-state index is 0.728. The highest BCUT2D eigenvalue weighted by molar-refractivity contribution is 5.75. The van der Waals surface area contributed by atoms with E-state index in [1.807, 2.05) is 13.8 Å². The second-order valence-corrected chi connectivity index (χ2v) is 2.28. The lowest BCUT2D eigenvalue weighted by Gasteiger charge is -1.83. The van der Waals surface area contributed by atoms with Gasteiger partial charge in [0.25, 0.3) is 0 Å². The van der Waals surface area contributed by atoms with Gasteiger partial charge < -0.3 is 9.93 Å². The molecule has 0 saturated heterocycles. The van der Waals surface area contributed by atoms with Gasteiger partial charge in [0.1, 0.15) is 0 Å². The van der Waals surface area contributed by atoms with Crippen LogP contribution >= 0.6 is 0 Å². The van der Waals surface area contributed by atoms with Gasteiger partial charge in [-0.1, -0.05) is 5.16 Å². The van der Waals surface area contributed by atoms with Gasteiger partial charge in [0, 0.05) is 11.8 Å². The van der Waals surface area contributed by atoms with Crippen molar-refractivity contribution in [2.75, 3.05) is 0 Å². The van der Waals surface area contributed by atoms with Crippen LogP contribution in [0, 0.1) is 19.3 Å². The molecule has 1 aromatic heterocycles. The second-order valence-electron chi connectivity index (χ2n) is 2.28. The number of hydrogen-bond acceptors (Lipinski definition) is 3. The van der Waals surface area contributed by atoms with Crippen molar-refractivity contribution in [3.8, 4) is 0 Å². The van der Waals surface area contributed by atoms with Gasteiger partial charge in [-0.05, 0) is 26.0 Å². The third-order valence-electron chi connectivity index (χ3n) is 1.54. The average molecular weight is 150 g/mol. The highest BCUT2D eigenvalue weighted by Gasteiger charge is 2.02. The predicted octanol–water partition coefficient (Wildman–Crippen LogP) is 1.95. The Balaban J connectivity index is 2.95. The highest BCUT2D eigenvalue weighted by atomic mass is 16.5. The van der Waals surface area contributed by atoms with E-state index in [1.54, 1.807) is 12.2 Å². The van der Waals surface area contributed by atoms with Crippen molar-refractivity contribution >= 4 is 12.3 Å². The Morgan fingerprint density at radius 2 is 2.18 bits per heavy atom. The Morgan fingerprint density at radius 1 is 1.45 bits per heavy atom. The topological polar surface area (TPSA) is 49.9 Å². The van der Waals surface area contributed by atoms with Gasteiger partial charge in [-0.25, -0.2) is 0 Å². The van der Waals surface area contributed by atoms with Crippen LogP contribution in [-0.2, 0) is 0 Å². The average Bonchev–Trinajstić information content (AvgIpc) is 2.31. The number of aryl methyl sites for hydroxylation is 1. The molecule has 0 radical (unpaired) electrons. The Hall–Kier alpha value is -1.38. The molecule has 0 fully saturated rings. The van der Waals surface area contributed by atoms with Crippen molar-refractivity contribution in [3.63, 3.8) is 0 Å². The maximum Gasteiger partial charge on any atom is 0.162 e. The van der Waals surface area contributed by atoms with Crippen molar-refractivity contribution in [3.05, 3.63) is 23.1 Å². The summed E-state index contributed by atoms with van der Waals surface area (Å²) in [6.07, 6.45) is 4.53. The van der Waals surface area contributed by atoms with Gasteiger partial charge in [-0.15, -0.1) is 0 Å². The zero-order chi connectivity index (χ0) is 8.27. The highest BCUT2D eigenvalue weighted by Crippen LogP contribution is 2.12. The molecule has 0 amide bonds. The summed E-state index contributed by atoms with van der Waals surface area (Å²) in [5.74, 6) is 0.728. The summed E-state index contributed by atoms with van der Waals surface area (Å²) in [6, 6.07) is 0. The molecule has 0 aliphatic rings. The van der Waals surface area contributed by atoms with Crippen molar-refractivity contribution in [2.45, 2.75) is 13.8 Å². The molecule has 0 aromatic carbocycles. The van der Waals surface area contributed by atoms with Crippen molar-refractivity contribution in [1.82, 2.24) is 5.16 Å². The summed E-state index contributed by atoms with van der Waals surface area (Å²) in [5, 5.41) is 10.5. The molecule has 0 atom stereocenters. The number of nitrogens with one attached hydrogen (secondary N) is 1. The van der Waals surface area contributed by atoms with Crippen molar-refractivity contribution < 1.29 is 4.52 Å². The minimum atomic E-state index is 0.728. The fourth-order valence-electron chi connectivity index (χ4n) is 0.724. The molecule has 0 aliphatic heterocycles. The van der Waals surface area contributed by atoms with Crippen LogP contribution in [0.5, 0.6) is 0 Å². The van der Waals surface area contributed by atoms with E-state index in [0.29, 0.717) is 0 Å². The zero-order valence-electron chi connectivity index (χ0n) is 6.59. The number of nitrogens with zero attached hydrogens (tertiary/aromatic N) is 1. The quantitative estimate of drug-likeness (QED) is 0.655. The molecule has 1 heterocycles. The molecule has 3 nitrogen and oxygen atoms in total. The van der Waals surface area contributed by atoms with E-state index in [4.69, 9.17) is 9.93 Å². The summed E-state index contributed by atoms with van der Waals surface area (Å²) < 4.78 is 4.96. The third kappa shape index (κ3) is 1.55. The summed E-state index contributed by atoms with van der Waals surface area (Å²) in [7, 11) is 0. The van der Waals surface area contributed by atoms with Crippen molar-refractivity contribution in [2.24, 2.45) is 0 Å². The fraction of sp³-hybridized carbons (Fsp3) is 0.250. The Labute approximate surface area is 65.2 Å². The van der Waals surface area contributed by atoms with Crippen LogP contribution in [0.15, 0.2) is 10.6 Å². The minimum Gasteiger partial charge on any atom is -0.356 e. The first kappa shape index (κ1) is 7.72.